The Morgan fingerprint density at radius 2 is 0.575 bits per heavy atom. The molecule has 342 valence electrons. The van der Waals surface area contributed by atoms with Gasteiger partial charge in [0.1, 0.15) is 0 Å². The highest BCUT2D eigenvalue weighted by Gasteiger charge is 2.21. The van der Waals surface area contributed by atoms with E-state index in [1.165, 1.54) is 49.7 Å². The van der Waals surface area contributed by atoms with Gasteiger partial charge in [-0.2, -0.15) is 0 Å². The van der Waals surface area contributed by atoms with Gasteiger partial charge in [-0.25, -0.2) is 15.0 Å². The molecule has 0 amide bonds. The third-order valence-electron chi connectivity index (χ3n) is 13.9. The van der Waals surface area contributed by atoms with Gasteiger partial charge >= 0.3 is 0 Å². The lowest BCUT2D eigenvalue weighted by molar-refractivity contribution is 1.07. The molecule has 0 aliphatic carbocycles. The van der Waals surface area contributed by atoms with Crippen LogP contribution in [-0.4, -0.2) is 19.5 Å². The summed E-state index contributed by atoms with van der Waals surface area (Å²) in [6.45, 7) is 0. The minimum Gasteiger partial charge on any atom is -0.309 e. The van der Waals surface area contributed by atoms with Gasteiger partial charge in [-0.1, -0.05) is 237 Å². The monoisotopic (exact) mass is 930 g/mol. The Balaban J connectivity index is 0.963. The van der Waals surface area contributed by atoms with Crippen LogP contribution in [0.25, 0.3) is 128 Å². The predicted molar refractivity (Wildman–Crippen MR) is 303 cm³/mol. The molecule has 0 N–H and O–H groups in total. The summed E-state index contributed by atoms with van der Waals surface area (Å²) in [5, 5.41) is 2.40. The van der Waals surface area contributed by atoms with E-state index >= 15 is 0 Å². The first-order chi connectivity index (χ1) is 36.2. The number of hydrogen-bond donors (Lipinski definition) is 0. The van der Waals surface area contributed by atoms with Crippen molar-refractivity contribution in [1.82, 2.24) is 19.5 Å². The Hall–Kier alpha value is -9.77. The summed E-state index contributed by atoms with van der Waals surface area (Å²) in [7, 11) is 0. The van der Waals surface area contributed by atoms with E-state index in [0.717, 1.165) is 61.2 Å². The lowest BCUT2D eigenvalue weighted by atomic mass is 9.93. The van der Waals surface area contributed by atoms with Crippen LogP contribution in [-0.2, 0) is 0 Å². The molecule has 0 bridgehead atoms. The van der Waals surface area contributed by atoms with Crippen molar-refractivity contribution in [1.29, 1.82) is 0 Å². The Morgan fingerprint density at radius 3 is 1.11 bits per heavy atom. The second-order valence-electron chi connectivity index (χ2n) is 18.4. The zero-order valence-corrected chi connectivity index (χ0v) is 39.8. The largest absolute Gasteiger partial charge is 0.309 e. The fraction of sp³-hybridized carbons (Fsp3) is 0. The fourth-order valence-corrected chi connectivity index (χ4v) is 10.2. The van der Waals surface area contributed by atoms with Crippen LogP contribution in [0.15, 0.2) is 279 Å². The molecule has 0 fully saturated rings. The highest BCUT2D eigenvalue weighted by molar-refractivity contribution is 6.18. The van der Waals surface area contributed by atoms with E-state index in [1.54, 1.807) is 0 Å². The highest BCUT2D eigenvalue weighted by atomic mass is 15.0. The molecule has 13 aromatic rings. The maximum atomic E-state index is 5.12. The Kier molecular flexibility index (Phi) is 11.2. The zero-order valence-electron chi connectivity index (χ0n) is 39.8. The molecule has 2 aromatic heterocycles. The molecule has 13 rings (SSSR count). The first-order valence-corrected chi connectivity index (χ1v) is 24.7. The maximum absolute atomic E-state index is 5.12. The van der Waals surface area contributed by atoms with E-state index in [4.69, 9.17) is 15.0 Å². The summed E-state index contributed by atoms with van der Waals surface area (Å²) in [6.07, 6.45) is 0. The van der Waals surface area contributed by atoms with Crippen LogP contribution in [0.3, 0.4) is 0 Å². The third kappa shape index (κ3) is 8.47. The molecule has 0 atom stereocenters. The molecule has 0 saturated heterocycles. The van der Waals surface area contributed by atoms with Crippen molar-refractivity contribution < 1.29 is 0 Å². The fourth-order valence-electron chi connectivity index (χ4n) is 10.2. The van der Waals surface area contributed by atoms with Crippen molar-refractivity contribution in [2.75, 3.05) is 0 Å². The summed E-state index contributed by atoms with van der Waals surface area (Å²) in [6, 6.07) is 99.3. The summed E-state index contributed by atoms with van der Waals surface area (Å²) in [5.41, 5.74) is 20.0. The average Bonchev–Trinajstić information content (AvgIpc) is 3.82. The van der Waals surface area contributed by atoms with Crippen LogP contribution in [0, 0.1) is 0 Å². The van der Waals surface area contributed by atoms with Crippen molar-refractivity contribution in [3.05, 3.63) is 279 Å². The van der Waals surface area contributed by atoms with E-state index in [-0.39, 0.29) is 0 Å². The molecule has 11 aromatic carbocycles. The van der Waals surface area contributed by atoms with E-state index in [2.05, 4.69) is 247 Å². The molecule has 0 spiro atoms. The topological polar surface area (TPSA) is 43.6 Å². The van der Waals surface area contributed by atoms with Crippen molar-refractivity contribution in [2.24, 2.45) is 0 Å². The van der Waals surface area contributed by atoms with Crippen LogP contribution in [0.2, 0.25) is 0 Å². The minimum absolute atomic E-state index is 0.617. The smallest absolute Gasteiger partial charge is 0.164 e. The quantitative estimate of drug-likeness (QED) is 0.137. The molecule has 2 heterocycles. The lowest BCUT2D eigenvalue weighted by Gasteiger charge is -2.14. The van der Waals surface area contributed by atoms with Crippen molar-refractivity contribution >= 4 is 21.8 Å². The second-order valence-corrected chi connectivity index (χ2v) is 18.4. The summed E-state index contributed by atoms with van der Waals surface area (Å²) in [4.78, 5) is 15.2. The number of aromatic nitrogens is 4. The summed E-state index contributed by atoms with van der Waals surface area (Å²) >= 11 is 0. The normalized spacial score (nSPS) is 11.3. The number of hydrogen-bond acceptors (Lipinski definition) is 3. The molecule has 0 aliphatic rings. The van der Waals surface area contributed by atoms with Crippen molar-refractivity contribution in [2.45, 2.75) is 0 Å². The van der Waals surface area contributed by atoms with E-state index in [0.29, 0.717) is 17.5 Å². The predicted octanol–water partition coefficient (Wildman–Crippen LogP) is 18.0. The standard InChI is InChI=1S/C69H46N4/c1-6-18-47(19-7-1)50-32-36-54(37-33-50)68-70-67(53-26-14-5-15-27-53)71-69(72-68)55-38-34-51(35-39-55)60-45-62(52-24-12-4-13-25-52)66-63-44-59(49-22-10-3-11-23-49)40-41-64(63)73(65(66)46-60)61-31-17-30-58(43-61)57-29-16-28-56(42-57)48-20-8-2-9-21-48/h1-46H. The van der Waals surface area contributed by atoms with Crippen molar-refractivity contribution in [3.8, 4) is 107 Å². The van der Waals surface area contributed by atoms with Crippen LogP contribution in [0.5, 0.6) is 0 Å². The Labute approximate surface area is 424 Å². The zero-order chi connectivity index (χ0) is 48.5. The van der Waals surface area contributed by atoms with Crippen LogP contribution in [0.4, 0.5) is 0 Å². The van der Waals surface area contributed by atoms with Gasteiger partial charge in [-0.3, -0.25) is 0 Å². The van der Waals surface area contributed by atoms with E-state index < -0.39 is 0 Å². The number of benzene rings is 11. The molecular weight excluding hydrogens is 885 g/mol. The molecule has 0 unspecified atom stereocenters. The van der Waals surface area contributed by atoms with Gasteiger partial charge in [0.15, 0.2) is 17.5 Å². The molecule has 4 heteroatoms. The first-order valence-electron chi connectivity index (χ1n) is 24.7. The van der Waals surface area contributed by atoms with Crippen molar-refractivity contribution in [3.63, 3.8) is 0 Å². The van der Waals surface area contributed by atoms with Crippen LogP contribution >= 0.6 is 0 Å². The minimum atomic E-state index is 0.617. The highest BCUT2D eigenvalue weighted by Crippen LogP contribution is 2.44. The second kappa shape index (κ2) is 18.9. The first kappa shape index (κ1) is 43.3. The van der Waals surface area contributed by atoms with Crippen LogP contribution < -0.4 is 0 Å². The van der Waals surface area contributed by atoms with E-state index in [9.17, 15) is 0 Å². The molecule has 0 saturated carbocycles. The molecule has 0 aliphatic heterocycles. The van der Waals surface area contributed by atoms with Gasteiger partial charge < -0.3 is 4.57 Å². The van der Waals surface area contributed by atoms with Gasteiger partial charge in [0.05, 0.1) is 11.0 Å². The maximum Gasteiger partial charge on any atom is 0.164 e. The Bertz CT molecular complexity index is 4080. The molecular formula is C69H46N4. The third-order valence-corrected chi connectivity index (χ3v) is 13.9. The molecule has 73 heavy (non-hydrogen) atoms. The van der Waals surface area contributed by atoms with Crippen LogP contribution in [0.1, 0.15) is 0 Å². The number of fused-ring (bicyclic) bond motifs is 3. The van der Waals surface area contributed by atoms with Gasteiger partial charge in [-0.05, 0) is 109 Å². The SMILES string of the molecule is c1ccc(-c2ccc(-c3nc(-c4ccccc4)nc(-c4ccc(-c5cc(-c6ccccc6)c6c7cc(-c8ccccc8)ccc7n(-c7cccc(-c8cccc(-c9ccccc9)c8)c7)c6c5)cc4)n3)cc2)cc1. The number of rotatable bonds is 10. The Morgan fingerprint density at radius 1 is 0.219 bits per heavy atom. The van der Waals surface area contributed by atoms with Gasteiger partial charge in [0, 0.05) is 33.2 Å². The molecule has 4 nitrogen and oxygen atoms in total. The average molecular weight is 931 g/mol. The van der Waals surface area contributed by atoms with Gasteiger partial charge in [-0.15, -0.1) is 0 Å². The lowest BCUT2D eigenvalue weighted by Crippen LogP contribution is -2.00. The van der Waals surface area contributed by atoms with Gasteiger partial charge in [0.2, 0.25) is 0 Å². The van der Waals surface area contributed by atoms with Gasteiger partial charge in [0.25, 0.3) is 0 Å². The number of nitrogens with zero attached hydrogens (tertiary/aromatic N) is 4. The molecule has 0 radical (unpaired) electrons. The summed E-state index contributed by atoms with van der Waals surface area (Å²) < 4.78 is 2.46. The summed E-state index contributed by atoms with van der Waals surface area (Å²) in [5.74, 6) is 1.87. The van der Waals surface area contributed by atoms with E-state index in [1.807, 2.05) is 36.4 Å².